The lowest BCUT2D eigenvalue weighted by Gasteiger charge is -2.18. The molecule has 2 N–H and O–H groups in total. The zero-order valence-corrected chi connectivity index (χ0v) is 12.4. The molecular weight excluding hydrogens is 258 g/mol. The second-order valence-electron chi connectivity index (χ2n) is 5.31. The van der Waals surface area contributed by atoms with Crippen molar-refractivity contribution in [1.29, 1.82) is 0 Å². The molecule has 2 aromatic rings. The summed E-state index contributed by atoms with van der Waals surface area (Å²) in [6.45, 7) is 6.35. The quantitative estimate of drug-likeness (QED) is 0.922. The topological polar surface area (TPSA) is 43.8 Å². The number of nitrogens with zero attached hydrogens (tertiary/aromatic N) is 2. The van der Waals surface area contributed by atoms with Crippen LogP contribution in [0.4, 0.5) is 0 Å². The number of halogens is 1. The highest BCUT2D eigenvalue weighted by molar-refractivity contribution is 6.31. The van der Waals surface area contributed by atoms with Crippen LogP contribution in [-0.2, 0) is 0 Å². The molecule has 0 aliphatic carbocycles. The van der Waals surface area contributed by atoms with E-state index in [0.717, 1.165) is 28.4 Å². The van der Waals surface area contributed by atoms with Crippen LogP contribution in [-0.4, -0.2) is 9.55 Å². The first-order valence-corrected chi connectivity index (χ1v) is 6.91. The first kappa shape index (κ1) is 14.1. The molecule has 0 aliphatic rings. The van der Waals surface area contributed by atoms with Gasteiger partial charge >= 0.3 is 0 Å². The van der Waals surface area contributed by atoms with Crippen molar-refractivity contribution in [3.63, 3.8) is 0 Å². The molecule has 3 nitrogen and oxygen atoms in total. The van der Waals surface area contributed by atoms with Crippen LogP contribution < -0.4 is 5.73 Å². The van der Waals surface area contributed by atoms with E-state index in [2.05, 4.69) is 18.8 Å². The summed E-state index contributed by atoms with van der Waals surface area (Å²) < 4.78 is 2.04. The molecule has 1 atom stereocenters. The van der Waals surface area contributed by atoms with Gasteiger partial charge in [0.25, 0.3) is 0 Å². The molecule has 4 heteroatoms. The van der Waals surface area contributed by atoms with Crippen molar-refractivity contribution in [2.24, 2.45) is 11.7 Å². The van der Waals surface area contributed by atoms with Gasteiger partial charge in [0.2, 0.25) is 0 Å². The van der Waals surface area contributed by atoms with Gasteiger partial charge in [0, 0.05) is 11.1 Å². The van der Waals surface area contributed by atoms with Crippen molar-refractivity contribution in [2.75, 3.05) is 0 Å². The number of aromatic nitrogens is 2. The van der Waals surface area contributed by atoms with Gasteiger partial charge in [-0.3, -0.25) is 0 Å². The standard InChI is InChI=1S/C15H20ClN3/c1-10(2)7-13(17)15-8-18-9-19(15)14-6-4-5-12(16)11(14)3/h4-6,8-10,13H,7,17H2,1-3H3. The van der Waals surface area contributed by atoms with Crippen molar-refractivity contribution in [3.8, 4) is 5.69 Å². The summed E-state index contributed by atoms with van der Waals surface area (Å²) in [5, 5.41) is 0.759. The average Bonchev–Trinajstić information content (AvgIpc) is 2.80. The fourth-order valence-electron chi connectivity index (χ4n) is 2.27. The number of hydrogen-bond acceptors (Lipinski definition) is 2. The van der Waals surface area contributed by atoms with Crippen LogP contribution >= 0.6 is 11.6 Å². The summed E-state index contributed by atoms with van der Waals surface area (Å²) in [4.78, 5) is 4.24. The Labute approximate surface area is 119 Å². The van der Waals surface area contributed by atoms with Crippen LogP contribution in [0, 0.1) is 12.8 Å². The first-order chi connectivity index (χ1) is 9.00. The van der Waals surface area contributed by atoms with Gasteiger partial charge in [-0.1, -0.05) is 31.5 Å². The highest BCUT2D eigenvalue weighted by atomic mass is 35.5. The smallest absolute Gasteiger partial charge is 0.0994 e. The third-order valence-corrected chi connectivity index (χ3v) is 3.68. The van der Waals surface area contributed by atoms with Crippen LogP contribution in [0.3, 0.4) is 0 Å². The molecule has 0 radical (unpaired) electrons. The molecule has 0 saturated carbocycles. The number of hydrogen-bond donors (Lipinski definition) is 1. The van der Waals surface area contributed by atoms with Gasteiger partial charge < -0.3 is 10.3 Å². The molecule has 1 unspecified atom stereocenters. The van der Waals surface area contributed by atoms with Crippen molar-refractivity contribution in [1.82, 2.24) is 9.55 Å². The van der Waals surface area contributed by atoms with Gasteiger partial charge in [-0.05, 0) is 37.0 Å². The zero-order valence-electron chi connectivity index (χ0n) is 11.6. The van der Waals surface area contributed by atoms with Crippen LogP contribution in [0.15, 0.2) is 30.7 Å². The van der Waals surface area contributed by atoms with E-state index in [1.807, 2.05) is 35.9 Å². The fraction of sp³-hybridized carbons (Fsp3) is 0.400. The Balaban J connectivity index is 2.41. The highest BCUT2D eigenvalue weighted by Gasteiger charge is 2.15. The summed E-state index contributed by atoms with van der Waals surface area (Å²) in [5.41, 5.74) is 9.38. The number of rotatable bonds is 4. The van der Waals surface area contributed by atoms with Gasteiger partial charge in [0.05, 0.1) is 23.9 Å². The first-order valence-electron chi connectivity index (χ1n) is 6.54. The summed E-state index contributed by atoms with van der Waals surface area (Å²) in [5.74, 6) is 0.554. The molecule has 2 rings (SSSR count). The van der Waals surface area contributed by atoms with E-state index in [-0.39, 0.29) is 6.04 Å². The molecule has 0 aliphatic heterocycles. The summed E-state index contributed by atoms with van der Waals surface area (Å²) >= 11 is 6.18. The van der Waals surface area contributed by atoms with Crippen molar-refractivity contribution < 1.29 is 0 Å². The van der Waals surface area contributed by atoms with E-state index in [0.29, 0.717) is 5.92 Å². The van der Waals surface area contributed by atoms with Gasteiger partial charge in [-0.15, -0.1) is 0 Å². The average molecular weight is 278 g/mol. The lowest BCUT2D eigenvalue weighted by Crippen LogP contribution is -2.17. The van der Waals surface area contributed by atoms with E-state index in [1.165, 1.54) is 0 Å². The van der Waals surface area contributed by atoms with Crippen molar-refractivity contribution in [2.45, 2.75) is 33.2 Å². The SMILES string of the molecule is Cc1c(Cl)cccc1-n1cncc1C(N)CC(C)C. The van der Waals surface area contributed by atoms with Crippen LogP contribution in [0.2, 0.25) is 5.02 Å². The Morgan fingerprint density at radius 3 is 2.79 bits per heavy atom. The maximum Gasteiger partial charge on any atom is 0.0994 e. The number of imidazole rings is 1. The molecule has 0 bridgehead atoms. The van der Waals surface area contributed by atoms with E-state index in [4.69, 9.17) is 17.3 Å². The van der Waals surface area contributed by atoms with Gasteiger partial charge in [-0.2, -0.15) is 0 Å². The predicted molar refractivity (Wildman–Crippen MR) is 79.7 cm³/mol. The monoisotopic (exact) mass is 277 g/mol. The third kappa shape index (κ3) is 2.99. The van der Waals surface area contributed by atoms with Crippen LogP contribution in [0.25, 0.3) is 5.69 Å². The van der Waals surface area contributed by atoms with Gasteiger partial charge in [0.1, 0.15) is 0 Å². The molecule has 1 aromatic carbocycles. The Morgan fingerprint density at radius 1 is 1.37 bits per heavy atom. The summed E-state index contributed by atoms with van der Waals surface area (Å²) in [6, 6.07) is 5.86. The van der Waals surface area contributed by atoms with E-state index >= 15 is 0 Å². The normalized spacial score (nSPS) is 12.9. The molecule has 102 valence electrons. The predicted octanol–water partition coefficient (Wildman–Crippen LogP) is 3.88. The Morgan fingerprint density at radius 2 is 2.11 bits per heavy atom. The van der Waals surface area contributed by atoms with E-state index in [1.54, 1.807) is 6.33 Å². The molecule has 0 fully saturated rings. The minimum Gasteiger partial charge on any atom is -0.323 e. The van der Waals surface area contributed by atoms with Crippen LogP contribution in [0.1, 0.15) is 37.6 Å². The Kier molecular flexibility index (Phi) is 4.27. The maximum absolute atomic E-state index is 6.27. The molecule has 1 aromatic heterocycles. The Hall–Kier alpha value is -1.32. The van der Waals surface area contributed by atoms with Crippen LogP contribution in [0.5, 0.6) is 0 Å². The second-order valence-corrected chi connectivity index (χ2v) is 5.72. The lowest BCUT2D eigenvalue weighted by molar-refractivity contribution is 0.498. The second kappa shape index (κ2) is 5.76. The van der Waals surface area contributed by atoms with E-state index in [9.17, 15) is 0 Å². The largest absolute Gasteiger partial charge is 0.323 e. The summed E-state index contributed by atoms with van der Waals surface area (Å²) in [7, 11) is 0. The molecule has 1 heterocycles. The minimum atomic E-state index is -0.0131. The third-order valence-electron chi connectivity index (χ3n) is 3.27. The molecule has 0 spiro atoms. The minimum absolute atomic E-state index is 0.0131. The molecular formula is C15H20ClN3. The van der Waals surface area contributed by atoms with Crippen molar-refractivity contribution in [3.05, 3.63) is 47.0 Å². The zero-order chi connectivity index (χ0) is 14.0. The van der Waals surface area contributed by atoms with Gasteiger partial charge in [0.15, 0.2) is 0 Å². The number of nitrogens with two attached hydrogens (primary N) is 1. The maximum atomic E-state index is 6.27. The van der Waals surface area contributed by atoms with Crippen molar-refractivity contribution >= 4 is 11.6 Å². The Bertz CT molecular complexity index is 560. The molecule has 0 amide bonds. The lowest BCUT2D eigenvalue weighted by atomic mass is 10.0. The van der Waals surface area contributed by atoms with E-state index < -0.39 is 0 Å². The summed E-state index contributed by atoms with van der Waals surface area (Å²) in [6.07, 6.45) is 4.58. The highest BCUT2D eigenvalue weighted by Crippen LogP contribution is 2.26. The molecule has 19 heavy (non-hydrogen) atoms. The number of benzene rings is 1. The fourth-order valence-corrected chi connectivity index (χ4v) is 2.44. The molecule has 0 saturated heterocycles. The van der Waals surface area contributed by atoms with Gasteiger partial charge in [-0.25, -0.2) is 4.98 Å².